The number of nitrogens with one attached hydrogen (secondary N) is 2. The molecule has 2 amide bonds. The summed E-state index contributed by atoms with van der Waals surface area (Å²) in [6.45, 7) is 2.86. The van der Waals surface area contributed by atoms with Crippen molar-refractivity contribution in [2.75, 3.05) is 37.4 Å². The minimum Gasteiger partial charge on any atom is -0.477 e. The van der Waals surface area contributed by atoms with Crippen LogP contribution in [0, 0.1) is 5.92 Å². The van der Waals surface area contributed by atoms with Crippen molar-refractivity contribution < 1.29 is 9.53 Å². The summed E-state index contributed by atoms with van der Waals surface area (Å²) in [6.07, 6.45) is 2.27. The highest BCUT2D eigenvalue weighted by Gasteiger charge is 2.17. The Hall–Kier alpha value is -2.97. The fourth-order valence-electron chi connectivity index (χ4n) is 3.31. The molecule has 4 rings (SSSR count). The lowest BCUT2D eigenvalue weighted by atomic mass is 9.98. The van der Waals surface area contributed by atoms with Crippen LogP contribution < -0.4 is 15.4 Å². The number of urea groups is 1. The first kappa shape index (κ1) is 20.3. The van der Waals surface area contributed by atoms with Crippen LogP contribution in [-0.2, 0) is 0 Å². The molecule has 1 saturated heterocycles. The van der Waals surface area contributed by atoms with Gasteiger partial charge in [-0.25, -0.2) is 9.78 Å². The van der Waals surface area contributed by atoms with Crippen LogP contribution in [0.5, 0.6) is 5.88 Å². The first-order valence-corrected chi connectivity index (χ1v) is 10.9. The van der Waals surface area contributed by atoms with Crippen molar-refractivity contribution in [3.63, 3.8) is 0 Å². The predicted octanol–water partition coefficient (Wildman–Crippen LogP) is 4.57. The molecule has 0 aliphatic carbocycles. The summed E-state index contributed by atoms with van der Waals surface area (Å²) in [5.74, 6) is 2.01. The number of nitrogens with zero attached hydrogens (tertiary/aromatic N) is 3. The van der Waals surface area contributed by atoms with Crippen LogP contribution in [0.2, 0.25) is 0 Å². The number of pyridine rings is 1. The van der Waals surface area contributed by atoms with E-state index in [1.807, 2.05) is 47.8 Å². The standard InChI is InChI=1S/C22H25N5O2S/c1-27-12-10-16(11-13-27)14-29-20-9-5-8-18(23-20)25-22(28)26-19-15-30-21(24-19)17-6-3-2-4-7-17/h2-9,15-16H,10-14H2,1H3,(H2,23,25,26,28). The number of piperidine rings is 1. The quantitative estimate of drug-likeness (QED) is 0.607. The first-order chi connectivity index (χ1) is 14.7. The van der Waals surface area contributed by atoms with Crippen LogP contribution in [0.3, 0.4) is 0 Å². The van der Waals surface area contributed by atoms with Crippen LogP contribution >= 0.6 is 11.3 Å². The van der Waals surface area contributed by atoms with Gasteiger partial charge in [0.25, 0.3) is 0 Å². The van der Waals surface area contributed by atoms with E-state index in [0.717, 1.165) is 36.5 Å². The van der Waals surface area contributed by atoms with Crippen LogP contribution in [0.4, 0.5) is 16.4 Å². The fourth-order valence-corrected chi connectivity index (χ4v) is 4.06. The summed E-state index contributed by atoms with van der Waals surface area (Å²) >= 11 is 1.48. The molecule has 2 aromatic heterocycles. The summed E-state index contributed by atoms with van der Waals surface area (Å²) in [5.41, 5.74) is 1.02. The van der Waals surface area contributed by atoms with Crippen LogP contribution in [0.1, 0.15) is 12.8 Å². The number of carbonyl (C=O) groups excluding carboxylic acids is 1. The molecule has 1 fully saturated rings. The second-order valence-electron chi connectivity index (χ2n) is 7.40. The van der Waals surface area contributed by atoms with E-state index >= 15 is 0 Å². The molecule has 0 spiro atoms. The zero-order valence-electron chi connectivity index (χ0n) is 16.9. The van der Waals surface area contributed by atoms with Gasteiger partial charge in [-0.05, 0) is 45.0 Å². The zero-order valence-corrected chi connectivity index (χ0v) is 17.7. The Balaban J connectivity index is 1.29. The van der Waals surface area contributed by atoms with Crippen molar-refractivity contribution in [3.05, 3.63) is 53.9 Å². The van der Waals surface area contributed by atoms with E-state index in [1.165, 1.54) is 11.3 Å². The first-order valence-electron chi connectivity index (χ1n) is 10.0. The Morgan fingerprint density at radius 1 is 1.07 bits per heavy atom. The molecule has 3 heterocycles. The van der Waals surface area contributed by atoms with Gasteiger partial charge in [0.1, 0.15) is 16.6 Å². The summed E-state index contributed by atoms with van der Waals surface area (Å²) in [4.78, 5) is 23.5. The molecule has 30 heavy (non-hydrogen) atoms. The largest absolute Gasteiger partial charge is 0.477 e. The summed E-state index contributed by atoms with van der Waals surface area (Å²) in [7, 11) is 2.15. The molecule has 3 aromatic rings. The SMILES string of the molecule is CN1CCC(COc2cccc(NC(=O)Nc3csc(-c4ccccc4)n3)n2)CC1. The number of carbonyl (C=O) groups is 1. The topological polar surface area (TPSA) is 79.4 Å². The molecule has 1 aliphatic heterocycles. The number of rotatable bonds is 6. The summed E-state index contributed by atoms with van der Waals surface area (Å²) in [6, 6.07) is 14.8. The van der Waals surface area contributed by atoms with E-state index in [9.17, 15) is 4.79 Å². The molecule has 7 nitrogen and oxygen atoms in total. The highest BCUT2D eigenvalue weighted by Crippen LogP contribution is 2.25. The molecule has 0 saturated carbocycles. The third-order valence-corrected chi connectivity index (χ3v) is 5.93. The monoisotopic (exact) mass is 423 g/mol. The minimum absolute atomic E-state index is 0.389. The number of benzene rings is 1. The molecule has 156 valence electrons. The van der Waals surface area contributed by atoms with E-state index in [0.29, 0.717) is 30.0 Å². The molecule has 1 aromatic carbocycles. The summed E-state index contributed by atoms with van der Waals surface area (Å²) in [5, 5.41) is 8.16. The molecule has 0 unspecified atom stereocenters. The number of hydrogen-bond acceptors (Lipinski definition) is 6. The maximum Gasteiger partial charge on any atom is 0.326 e. The zero-order chi connectivity index (χ0) is 20.8. The van der Waals surface area contributed by atoms with Crippen molar-refractivity contribution >= 4 is 29.0 Å². The van der Waals surface area contributed by atoms with Gasteiger partial charge in [-0.3, -0.25) is 10.6 Å². The van der Waals surface area contributed by atoms with Crippen molar-refractivity contribution in [2.45, 2.75) is 12.8 Å². The molecular weight excluding hydrogens is 398 g/mol. The maximum absolute atomic E-state index is 12.3. The Bertz CT molecular complexity index is 970. The molecule has 8 heteroatoms. The van der Waals surface area contributed by atoms with Gasteiger partial charge in [0.05, 0.1) is 6.61 Å². The van der Waals surface area contributed by atoms with E-state index in [2.05, 4.69) is 32.5 Å². The van der Waals surface area contributed by atoms with E-state index in [-0.39, 0.29) is 6.03 Å². The number of thiazole rings is 1. The second kappa shape index (κ2) is 9.69. The second-order valence-corrected chi connectivity index (χ2v) is 8.26. The third kappa shape index (κ3) is 5.55. The molecule has 0 bridgehead atoms. The molecule has 2 N–H and O–H groups in total. The lowest BCUT2D eigenvalue weighted by molar-refractivity contribution is 0.157. The number of amides is 2. The average Bonchev–Trinajstić information content (AvgIpc) is 3.22. The lowest BCUT2D eigenvalue weighted by Crippen LogP contribution is -2.32. The molecule has 0 atom stereocenters. The molecule has 0 radical (unpaired) electrons. The van der Waals surface area contributed by atoms with Gasteiger partial charge in [0, 0.05) is 17.0 Å². The summed E-state index contributed by atoms with van der Waals surface area (Å²) < 4.78 is 5.86. The van der Waals surface area contributed by atoms with E-state index in [1.54, 1.807) is 6.07 Å². The van der Waals surface area contributed by atoms with Gasteiger partial charge in [0.15, 0.2) is 0 Å². The Kier molecular flexibility index (Phi) is 6.56. The predicted molar refractivity (Wildman–Crippen MR) is 120 cm³/mol. The van der Waals surface area contributed by atoms with Crippen molar-refractivity contribution in [3.8, 4) is 16.5 Å². The lowest BCUT2D eigenvalue weighted by Gasteiger charge is -2.28. The number of aromatic nitrogens is 2. The van der Waals surface area contributed by atoms with Crippen LogP contribution in [0.25, 0.3) is 10.6 Å². The Labute approximate surface area is 180 Å². The van der Waals surface area contributed by atoms with Gasteiger partial charge >= 0.3 is 6.03 Å². The number of ether oxygens (including phenoxy) is 1. The molecule has 1 aliphatic rings. The van der Waals surface area contributed by atoms with E-state index < -0.39 is 0 Å². The van der Waals surface area contributed by atoms with Gasteiger partial charge in [-0.1, -0.05) is 36.4 Å². The van der Waals surface area contributed by atoms with Gasteiger partial charge in [-0.15, -0.1) is 11.3 Å². The normalized spacial score (nSPS) is 15.0. The maximum atomic E-state index is 12.3. The van der Waals surface area contributed by atoms with Crippen molar-refractivity contribution in [2.24, 2.45) is 5.92 Å². The van der Waals surface area contributed by atoms with Crippen molar-refractivity contribution in [1.29, 1.82) is 0 Å². The van der Waals surface area contributed by atoms with Crippen LogP contribution in [0.15, 0.2) is 53.9 Å². The van der Waals surface area contributed by atoms with Crippen LogP contribution in [-0.4, -0.2) is 47.6 Å². The van der Waals surface area contributed by atoms with Crippen molar-refractivity contribution in [1.82, 2.24) is 14.9 Å². The third-order valence-electron chi connectivity index (χ3n) is 5.04. The fraction of sp³-hybridized carbons (Fsp3) is 0.318. The molecular formula is C22H25N5O2S. The highest BCUT2D eigenvalue weighted by molar-refractivity contribution is 7.13. The average molecular weight is 424 g/mol. The van der Waals surface area contributed by atoms with Gasteiger partial charge in [-0.2, -0.15) is 4.98 Å². The number of hydrogen-bond donors (Lipinski definition) is 2. The minimum atomic E-state index is -0.389. The van der Waals surface area contributed by atoms with Gasteiger partial charge < -0.3 is 9.64 Å². The Morgan fingerprint density at radius 3 is 2.63 bits per heavy atom. The van der Waals surface area contributed by atoms with Gasteiger partial charge in [0.2, 0.25) is 5.88 Å². The number of anilines is 2. The van der Waals surface area contributed by atoms with E-state index in [4.69, 9.17) is 4.74 Å². The number of likely N-dealkylation sites (tertiary alicyclic amines) is 1. The Morgan fingerprint density at radius 2 is 1.83 bits per heavy atom. The smallest absolute Gasteiger partial charge is 0.326 e. The highest BCUT2D eigenvalue weighted by atomic mass is 32.1.